The molecule has 0 aromatic heterocycles. The van der Waals surface area contributed by atoms with Crippen LogP contribution in [0.25, 0.3) is 0 Å². The molecule has 1 N–H and O–H groups in total. The van der Waals surface area contributed by atoms with E-state index >= 15 is 0 Å². The van der Waals surface area contributed by atoms with Crippen molar-refractivity contribution in [3.63, 3.8) is 0 Å². The summed E-state index contributed by atoms with van der Waals surface area (Å²) in [5.74, 6) is -2.42. The number of hydrogen-bond donors (Lipinski definition) is 1. The van der Waals surface area contributed by atoms with Gasteiger partial charge in [-0.05, 0) is 51.9 Å². The number of carbonyl (C=O) groups is 3. The van der Waals surface area contributed by atoms with Crippen molar-refractivity contribution in [2.45, 2.75) is 89.5 Å². The highest BCUT2D eigenvalue weighted by atomic mass is 16.6. The number of aliphatic hydroxyl groups is 1. The van der Waals surface area contributed by atoms with E-state index in [2.05, 4.69) is 20.1 Å². The lowest BCUT2D eigenvalue weighted by molar-refractivity contribution is -0.162. The number of carbonyl (C=O) groups excluding carboxylic acids is 3. The molecule has 3 aliphatic rings. The Kier molecular flexibility index (Phi) is 9.04. The first-order valence-electron chi connectivity index (χ1n) is 13.4. The van der Waals surface area contributed by atoms with Crippen molar-refractivity contribution < 1.29 is 29.0 Å². The molecule has 3 aliphatic heterocycles. The molecule has 0 saturated carbocycles. The maximum absolute atomic E-state index is 14.3. The second kappa shape index (κ2) is 11.5. The lowest BCUT2D eigenvalue weighted by Crippen LogP contribution is -2.58. The van der Waals surface area contributed by atoms with Gasteiger partial charge in [0.15, 0.2) is 0 Å². The number of fused-ring (bicyclic) bond motifs is 1. The molecule has 3 heterocycles. The molecule has 0 aromatic rings. The van der Waals surface area contributed by atoms with Crippen LogP contribution in [0.2, 0.25) is 0 Å². The van der Waals surface area contributed by atoms with E-state index in [-0.39, 0.29) is 37.0 Å². The largest absolute Gasteiger partial charge is 0.465 e. The maximum atomic E-state index is 14.3. The molecular weight excluding hydrogens is 460 g/mol. The summed E-state index contributed by atoms with van der Waals surface area (Å²) in [6.45, 7) is 16.4. The second-order valence-corrected chi connectivity index (χ2v) is 10.8. The SMILES string of the molecule is C=CCCOC(=O)[C@@H]1[C@H]2C(=O)N(CCCCO)C(C(=O)N(CC=C)C(C)CCC)C23CC(C)[C@@]1(C)O3. The Morgan fingerprint density at radius 2 is 2.06 bits per heavy atom. The van der Waals surface area contributed by atoms with Crippen molar-refractivity contribution in [1.82, 2.24) is 9.80 Å². The smallest absolute Gasteiger partial charge is 0.312 e. The van der Waals surface area contributed by atoms with Crippen molar-refractivity contribution in [1.29, 1.82) is 0 Å². The Morgan fingerprint density at radius 3 is 2.67 bits per heavy atom. The first-order chi connectivity index (χ1) is 17.1. The Hall–Kier alpha value is -2.19. The van der Waals surface area contributed by atoms with E-state index in [0.29, 0.717) is 38.8 Å². The standard InChI is InChI=1S/C28H44N2O6/c1-7-10-17-35-26(34)22-21-24(32)30(15-11-12-16-31)23(28(21)18-19(4)27(22,6)36-28)25(33)29(14-9-3)20(5)13-8-2/h7,9,19-23,31H,1,3,8,10-18H2,2,4-6H3/t19?,20?,21-,22-,23?,27+,28?/m0/s1. The first kappa shape index (κ1) is 28.4. The number of amides is 2. The van der Waals surface area contributed by atoms with E-state index in [9.17, 15) is 19.5 Å². The number of likely N-dealkylation sites (tertiary alicyclic amines) is 1. The third kappa shape index (κ3) is 4.62. The van der Waals surface area contributed by atoms with Gasteiger partial charge in [0.1, 0.15) is 17.6 Å². The summed E-state index contributed by atoms with van der Waals surface area (Å²) in [4.78, 5) is 45.1. The number of hydrogen-bond acceptors (Lipinski definition) is 6. The topological polar surface area (TPSA) is 96.4 Å². The van der Waals surface area contributed by atoms with E-state index in [1.165, 1.54) is 0 Å². The van der Waals surface area contributed by atoms with Gasteiger partial charge in [0.25, 0.3) is 0 Å². The van der Waals surface area contributed by atoms with Gasteiger partial charge >= 0.3 is 5.97 Å². The number of nitrogens with zero attached hydrogens (tertiary/aromatic N) is 2. The van der Waals surface area contributed by atoms with Crippen molar-refractivity contribution in [2.75, 3.05) is 26.3 Å². The van der Waals surface area contributed by atoms with E-state index in [1.807, 2.05) is 20.8 Å². The average molecular weight is 505 g/mol. The second-order valence-electron chi connectivity index (χ2n) is 10.8. The minimum atomic E-state index is -1.09. The highest BCUT2D eigenvalue weighted by molar-refractivity contribution is 5.98. The molecule has 0 aromatic carbocycles. The van der Waals surface area contributed by atoms with Gasteiger partial charge in [0, 0.05) is 25.7 Å². The van der Waals surface area contributed by atoms with Gasteiger partial charge < -0.3 is 24.4 Å². The molecule has 36 heavy (non-hydrogen) atoms. The number of esters is 1. The van der Waals surface area contributed by atoms with Gasteiger partial charge in [0.2, 0.25) is 11.8 Å². The fourth-order valence-electron chi connectivity index (χ4n) is 6.70. The molecule has 3 saturated heterocycles. The molecule has 3 rings (SSSR count). The van der Waals surface area contributed by atoms with Crippen LogP contribution in [-0.2, 0) is 23.9 Å². The quantitative estimate of drug-likeness (QED) is 0.222. The number of ether oxygens (including phenoxy) is 2. The minimum Gasteiger partial charge on any atom is -0.465 e. The Balaban J connectivity index is 2.05. The summed E-state index contributed by atoms with van der Waals surface area (Å²) < 4.78 is 12.3. The Labute approximate surface area is 215 Å². The molecule has 4 unspecified atom stereocenters. The predicted octanol–water partition coefficient (Wildman–Crippen LogP) is 3.09. The lowest BCUT2D eigenvalue weighted by atomic mass is 9.62. The lowest BCUT2D eigenvalue weighted by Gasteiger charge is -2.39. The number of rotatable bonds is 14. The zero-order valence-corrected chi connectivity index (χ0v) is 22.4. The molecule has 8 nitrogen and oxygen atoms in total. The van der Waals surface area contributed by atoms with Crippen molar-refractivity contribution in [3.8, 4) is 0 Å². The van der Waals surface area contributed by atoms with Crippen molar-refractivity contribution in [2.24, 2.45) is 17.8 Å². The van der Waals surface area contributed by atoms with Crippen LogP contribution in [0.3, 0.4) is 0 Å². The zero-order valence-electron chi connectivity index (χ0n) is 22.4. The minimum absolute atomic E-state index is 0.00912. The molecule has 2 amide bonds. The van der Waals surface area contributed by atoms with Crippen LogP contribution >= 0.6 is 0 Å². The van der Waals surface area contributed by atoms with Gasteiger partial charge in [-0.3, -0.25) is 14.4 Å². The van der Waals surface area contributed by atoms with Crippen LogP contribution in [0, 0.1) is 17.8 Å². The summed E-state index contributed by atoms with van der Waals surface area (Å²) in [5.41, 5.74) is -1.98. The van der Waals surface area contributed by atoms with E-state index in [1.54, 1.807) is 22.0 Å². The molecule has 0 aliphatic carbocycles. The highest BCUT2D eigenvalue weighted by Gasteiger charge is 2.80. The molecule has 202 valence electrons. The molecule has 0 radical (unpaired) electrons. The summed E-state index contributed by atoms with van der Waals surface area (Å²) in [6, 6.07) is -0.861. The Bertz CT molecular complexity index is 861. The van der Waals surface area contributed by atoms with Crippen LogP contribution in [0.15, 0.2) is 25.3 Å². The highest BCUT2D eigenvalue weighted by Crippen LogP contribution is 2.65. The van der Waals surface area contributed by atoms with Crippen molar-refractivity contribution in [3.05, 3.63) is 25.3 Å². The van der Waals surface area contributed by atoms with Gasteiger partial charge in [0.05, 0.1) is 18.1 Å². The van der Waals surface area contributed by atoms with Crippen LogP contribution in [0.1, 0.15) is 66.2 Å². The Morgan fingerprint density at radius 1 is 1.33 bits per heavy atom. The summed E-state index contributed by atoms with van der Waals surface area (Å²) in [6.07, 6.45) is 7.26. The third-order valence-corrected chi connectivity index (χ3v) is 8.52. The first-order valence-corrected chi connectivity index (χ1v) is 13.4. The number of unbranched alkanes of at least 4 members (excludes halogenated alkanes) is 1. The predicted molar refractivity (Wildman–Crippen MR) is 137 cm³/mol. The zero-order chi connectivity index (χ0) is 26.7. The monoisotopic (exact) mass is 504 g/mol. The van der Waals surface area contributed by atoms with E-state index < -0.39 is 35.0 Å². The van der Waals surface area contributed by atoms with Crippen molar-refractivity contribution >= 4 is 17.8 Å². The fourth-order valence-corrected chi connectivity index (χ4v) is 6.70. The van der Waals surface area contributed by atoms with Crippen LogP contribution in [0.4, 0.5) is 0 Å². The maximum Gasteiger partial charge on any atom is 0.312 e. The molecule has 2 bridgehead atoms. The molecule has 7 atom stereocenters. The van der Waals surface area contributed by atoms with E-state index in [0.717, 1.165) is 12.8 Å². The molecule has 8 heteroatoms. The summed E-state index contributed by atoms with van der Waals surface area (Å²) in [7, 11) is 0. The molecule has 1 spiro atoms. The summed E-state index contributed by atoms with van der Waals surface area (Å²) >= 11 is 0. The van der Waals surface area contributed by atoms with Gasteiger partial charge in [-0.25, -0.2) is 0 Å². The van der Waals surface area contributed by atoms with Crippen LogP contribution < -0.4 is 0 Å². The summed E-state index contributed by atoms with van der Waals surface area (Å²) in [5, 5.41) is 9.34. The molecular formula is C28H44N2O6. The normalized spacial score (nSPS) is 33.4. The van der Waals surface area contributed by atoms with Gasteiger partial charge in [-0.1, -0.05) is 32.4 Å². The van der Waals surface area contributed by atoms with Gasteiger partial charge in [-0.2, -0.15) is 0 Å². The average Bonchev–Trinajstić information content (AvgIpc) is 3.34. The molecule has 3 fully saturated rings. The van der Waals surface area contributed by atoms with E-state index in [4.69, 9.17) is 9.47 Å². The van der Waals surface area contributed by atoms with Gasteiger partial charge in [-0.15, -0.1) is 13.2 Å². The van der Waals surface area contributed by atoms with Crippen LogP contribution in [0.5, 0.6) is 0 Å². The third-order valence-electron chi connectivity index (χ3n) is 8.52. The van der Waals surface area contributed by atoms with Crippen LogP contribution in [-0.4, -0.2) is 82.3 Å². The fraction of sp³-hybridized carbons (Fsp3) is 0.750. The number of aliphatic hydroxyl groups excluding tert-OH is 1.